The first-order valence-corrected chi connectivity index (χ1v) is 7.60. The van der Waals surface area contributed by atoms with E-state index < -0.39 is 9.84 Å². The third-order valence-electron chi connectivity index (χ3n) is 2.39. The lowest BCUT2D eigenvalue weighted by atomic mass is 10.3. The van der Waals surface area contributed by atoms with Crippen LogP contribution in [0, 0.1) is 0 Å². The Morgan fingerprint density at radius 3 is 2.61 bits per heavy atom. The number of hydrogen-bond donors (Lipinski definition) is 1. The second kappa shape index (κ2) is 4.69. The number of anilines is 1. The van der Waals surface area contributed by atoms with Crippen molar-refractivity contribution in [2.75, 3.05) is 11.5 Å². The Morgan fingerprint density at radius 1 is 1.39 bits per heavy atom. The predicted octanol–water partition coefficient (Wildman–Crippen LogP) is 1.41. The van der Waals surface area contributed by atoms with Crippen LogP contribution in [0.5, 0.6) is 0 Å². The van der Waals surface area contributed by atoms with Gasteiger partial charge in [-0.15, -0.1) is 5.10 Å². The second-order valence-electron chi connectivity index (χ2n) is 3.52. The summed E-state index contributed by atoms with van der Waals surface area (Å²) in [5.74, 6) is 0.0943. The van der Waals surface area contributed by atoms with Gasteiger partial charge in [0, 0.05) is 0 Å². The summed E-state index contributed by atoms with van der Waals surface area (Å²) in [6, 6.07) is 6.59. The van der Waals surface area contributed by atoms with Crippen LogP contribution in [-0.2, 0) is 9.84 Å². The van der Waals surface area contributed by atoms with Gasteiger partial charge >= 0.3 is 0 Å². The number of nitrogens with two attached hydrogens (primary N) is 1. The summed E-state index contributed by atoms with van der Waals surface area (Å²) < 4.78 is 25.7. The molecule has 96 valence electrons. The first-order chi connectivity index (χ1) is 8.45. The van der Waals surface area contributed by atoms with Crippen LogP contribution in [0.3, 0.4) is 0 Å². The Hall–Kier alpha value is -1.41. The molecular formula is C10H11BrN4O2S. The van der Waals surface area contributed by atoms with Gasteiger partial charge in [0.2, 0.25) is 10.7 Å². The standard InChI is InChI=1S/C10H11BrN4O2S/c1-2-18(16,17)8-6-4-3-5-7(8)15-9(11)13-10(12)14-15/h3-6H,2H2,1H3,(H2,12,14). The number of rotatable bonds is 3. The van der Waals surface area contributed by atoms with Crippen molar-refractivity contribution in [3.8, 4) is 5.69 Å². The minimum atomic E-state index is -3.33. The Kier molecular flexibility index (Phi) is 3.40. The van der Waals surface area contributed by atoms with E-state index in [-0.39, 0.29) is 16.6 Å². The molecule has 0 saturated carbocycles. The van der Waals surface area contributed by atoms with Gasteiger partial charge in [-0.2, -0.15) is 4.98 Å². The molecule has 0 saturated heterocycles. The van der Waals surface area contributed by atoms with Gasteiger partial charge in [-0.25, -0.2) is 13.1 Å². The van der Waals surface area contributed by atoms with Gasteiger partial charge in [0.05, 0.1) is 16.3 Å². The van der Waals surface area contributed by atoms with Crippen molar-refractivity contribution in [3.05, 3.63) is 29.0 Å². The van der Waals surface area contributed by atoms with Crippen LogP contribution in [0.2, 0.25) is 0 Å². The summed E-state index contributed by atoms with van der Waals surface area (Å²) in [6.07, 6.45) is 0. The normalized spacial score (nSPS) is 11.7. The SMILES string of the molecule is CCS(=O)(=O)c1ccccc1-n1nc(N)nc1Br. The highest BCUT2D eigenvalue weighted by atomic mass is 79.9. The molecule has 0 aliphatic rings. The van der Waals surface area contributed by atoms with E-state index in [0.29, 0.717) is 10.4 Å². The minimum absolute atomic E-state index is 0.0197. The molecule has 18 heavy (non-hydrogen) atoms. The molecule has 1 aromatic heterocycles. The summed E-state index contributed by atoms with van der Waals surface area (Å²) in [6.45, 7) is 1.59. The maximum absolute atomic E-state index is 12.0. The molecule has 0 bridgehead atoms. The number of benzene rings is 1. The number of para-hydroxylation sites is 1. The molecule has 8 heteroatoms. The van der Waals surface area contributed by atoms with E-state index in [9.17, 15) is 8.42 Å². The van der Waals surface area contributed by atoms with E-state index in [1.807, 2.05) is 0 Å². The van der Waals surface area contributed by atoms with Crippen LogP contribution in [0.15, 0.2) is 33.9 Å². The largest absolute Gasteiger partial charge is 0.366 e. The Bertz CT molecular complexity index is 681. The monoisotopic (exact) mass is 330 g/mol. The first-order valence-electron chi connectivity index (χ1n) is 5.16. The lowest BCUT2D eigenvalue weighted by molar-refractivity contribution is 0.596. The van der Waals surface area contributed by atoms with Crippen LogP contribution in [0.25, 0.3) is 5.69 Å². The van der Waals surface area contributed by atoms with Crippen LogP contribution in [-0.4, -0.2) is 28.9 Å². The highest BCUT2D eigenvalue weighted by molar-refractivity contribution is 9.10. The Labute approximate surface area is 113 Å². The molecule has 1 aromatic carbocycles. The Morgan fingerprint density at radius 2 is 2.06 bits per heavy atom. The van der Waals surface area contributed by atoms with Gasteiger partial charge in [-0.3, -0.25) is 0 Å². The maximum atomic E-state index is 12.0. The van der Waals surface area contributed by atoms with Crippen molar-refractivity contribution >= 4 is 31.7 Å². The number of nitrogens with zero attached hydrogens (tertiary/aromatic N) is 3. The van der Waals surface area contributed by atoms with E-state index in [4.69, 9.17) is 5.73 Å². The summed E-state index contributed by atoms with van der Waals surface area (Å²) in [7, 11) is -3.33. The molecule has 6 nitrogen and oxygen atoms in total. The van der Waals surface area contributed by atoms with Gasteiger partial charge in [0.1, 0.15) is 0 Å². The summed E-state index contributed by atoms with van der Waals surface area (Å²) in [4.78, 5) is 4.09. The van der Waals surface area contributed by atoms with Gasteiger partial charge < -0.3 is 5.73 Å². The van der Waals surface area contributed by atoms with E-state index in [1.54, 1.807) is 31.2 Å². The minimum Gasteiger partial charge on any atom is -0.366 e. The van der Waals surface area contributed by atoms with Crippen LogP contribution >= 0.6 is 15.9 Å². The number of aromatic nitrogens is 3. The molecule has 2 rings (SSSR count). The topological polar surface area (TPSA) is 90.9 Å². The zero-order valence-corrected chi connectivity index (χ0v) is 11.9. The summed E-state index contributed by atoms with van der Waals surface area (Å²) >= 11 is 3.19. The van der Waals surface area contributed by atoms with Crippen molar-refractivity contribution in [1.82, 2.24) is 14.8 Å². The van der Waals surface area contributed by atoms with E-state index in [2.05, 4.69) is 26.0 Å². The first kappa shape index (κ1) is 13.0. The lowest BCUT2D eigenvalue weighted by Crippen LogP contribution is -2.10. The highest BCUT2D eigenvalue weighted by Gasteiger charge is 2.19. The van der Waals surface area contributed by atoms with E-state index >= 15 is 0 Å². The zero-order valence-electron chi connectivity index (χ0n) is 9.54. The molecule has 2 aromatic rings. The molecule has 0 aliphatic heterocycles. The van der Waals surface area contributed by atoms with Crippen LogP contribution < -0.4 is 5.73 Å². The molecule has 0 aliphatic carbocycles. The fourth-order valence-corrected chi connectivity index (χ4v) is 3.03. The average molecular weight is 331 g/mol. The fraction of sp³-hybridized carbons (Fsp3) is 0.200. The van der Waals surface area contributed by atoms with Crippen molar-refractivity contribution in [2.24, 2.45) is 0 Å². The van der Waals surface area contributed by atoms with E-state index in [0.717, 1.165) is 0 Å². The van der Waals surface area contributed by atoms with Gasteiger partial charge in [0.25, 0.3) is 0 Å². The molecular weight excluding hydrogens is 320 g/mol. The molecule has 1 heterocycles. The molecule has 0 unspecified atom stereocenters. The average Bonchev–Trinajstić information content (AvgIpc) is 2.68. The number of hydrogen-bond acceptors (Lipinski definition) is 5. The quantitative estimate of drug-likeness (QED) is 0.918. The van der Waals surface area contributed by atoms with Gasteiger partial charge in [-0.1, -0.05) is 19.1 Å². The van der Waals surface area contributed by atoms with E-state index in [1.165, 1.54) is 4.68 Å². The third-order valence-corrected chi connectivity index (χ3v) is 4.68. The molecule has 0 spiro atoms. The molecule has 0 atom stereocenters. The molecule has 0 radical (unpaired) electrons. The van der Waals surface area contributed by atoms with Crippen molar-refractivity contribution in [1.29, 1.82) is 0 Å². The highest BCUT2D eigenvalue weighted by Crippen LogP contribution is 2.23. The molecule has 0 fully saturated rings. The second-order valence-corrected chi connectivity index (χ2v) is 6.48. The van der Waals surface area contributed by atoms with Gasteiger partial charge in [0.15, 0.2) is 9.84 Å². The number of sulfone groups is 1. The smallest absolute Gasteiger partial charge is 0.240 e. The fourth-order valence-electron chi connectivity index (χ4n) is 1.51. The van der Waals surface area contributed by atoms with Crippen LogP contribution in [0.4, 0.5) is 5.95 Å². The predicted molar refractivity (Wildman–Crippen MR) is 71.2 cm³/mol. The number of nitrogen functional groups attached to an aromatic ring is 1. The number of halogens is 1. The van der Waals surface area contributed by atoms with Crippen LogP contribution in [0.1, 0.15) is 6.92 Å². The third kappa shape index (κ3) is 2.25. The lowest BCUT2D eigenvalue weighted by Gasteiger charge is -2.09. The van der Waals surface area contributed by atoms with Gasteiger partial charge in [-0.05, 0) is 28.1 Å². The molecule has 2 N–H and O–H groups in total. The summed E-state index contributed by atoms with van der Waals surface area (Å²) in [5.41, 5.74) is 5.91. The molecule has 0 amide bonds. The van der Waals surface area contributed by atoms with Crippen molar-refractivity contribution in [2.45, 2.75) is 11.8 Å². The summed E-state index contributed by atoms with van der Waals surface area (Å²) in [5, 5.41) is 3.96. The van der Waals surface area contributed by atoms with Crippen molar-refractivity contribution in [3.63, 3.8) is 0 Å². The van der Waals surface area contributed by atoms with Crippen molar-refractivity contribution < 1.29 is 8.42 Å². The Balaban J connectivity index is 2.70. The zero-order chi connectivity index (χ0) is 13.3. The maximum Gasteiger partial charge on any atom is 0.240 e.